The summed E-state index contributed by atoms with van der Waals surface area (Å²) in [5.41, 5.74) is -3.03. The second kappa shape index (κ2) is 2.86. The van der Waals surface area contributed by atoms with Crippen LogP contribution >= 0.6 is 0 Å². The zero-order chi connectivity index (χ0) is 7.49. The molecule has 0 radical (unpaired) electrons. The lowest BCUT2D eigenvalue weighted by molar-refractivity contribution is -0.140. The van der Waals surface area contributed by atoms with Gasteiger partial charge in [-0.3, -0.25) is 4.79 Å². The summed E-state index contributed by atoms with van der Waals surface area (Å²) < 4.78 is 34.9. The third-order valence-electron chi connectivity index (χ3n) is 0.862. The Morgan fingerprint density at radius 3 is 2.22 bits per heavy atom. The number of rotatable bonds is 2. The number of hydrogen-bond acceptors (Lipinski definition) is 1. The van der Waals surface area contributed by atoms with Crippen molar-refractivity contribution in [2.24, 2.45) is 0 Å². The SMILES string of the molecule is C[SiH2]C(F)(F)C(=O)NF. The van der Waals surface area contributed by atoms with Crippen LogP contribution in [0.4, 0.5) is 13.3 Å². The fourth-order valence-electron chi connectivity index (χ4n) is 0.230. The summed E-state index contributed by atoms with van der Waals surface area (Å²) in [6, 6.07) is 0. The zero-order valence-electron chi connectivity index (χ0n) is 4.75. The summed E-state index contributed by atoms with van der Waals surface area (Å²) in [7, 11) is -1.80. The average Bonchev–Trinajstić information content (AvgIpc) is 1.86. The highest BCUT2D eigenvalue weighted by atomic mass is 28.2. The molecule has 0 saturated carbocycles. The lowest BCUT2D eigenvalue weighted by Gasteiger charge is -2.08. The van der Waals surface area contributed by atoms with Gasteiger partial charge in [0.1, 0.15) is 9.52 Å². The molecule has 1 amide bonds. The van der Waals surface area contributed by atoms with E-state index in [1.54, 1.807) is 0 Å². The zero-order valence-corrected chi connectivity index (χ0v) is 6.16. The molecule has 0 aromatic rings. The normalized spacial score (nSPS) is 12.4. The third-order valence-corrected chi connectivity index (χ3v) is 2.07. The number of amides is 1. The summed E-state index contributed by atoms with van der Waals surface area (Å²) in [6.45, 7) is 1.23. The van der Waals surface area contributed by atoms with Crippen molar-refractivity contribution in [1.82, 2.24) is 5.54 Å². The van der Waals surface area contributed by atoms with Crippen molar-refractivity contribution in [2.75, 3.05) is 0 Å². The van der Waals surface area contributed by atoms with E-state index in [9.17, 15) is 18.1 Å². The van der Waals surface area contributed by atoms with Gasteiger partial charge >= 0.3 is 5.91 Å². The molecule has 9 heavy (non-hydrogen) atoms. The smallest absolute Gasteiger partial charge is 0.266 e. The first-order valence-electron chi connectivity index (χ1n) is 2.33. The lowest BCUT2D eigenvalue weighted by atomic mass is 10.7. The molecule has 6 heteroatoms. The topological polar surface area (TPSA) is 29.1 Å². The standard InChI is InChI=1S/C3H6F3NOSi/c1-9-3(4,5)2(8)7-6/h9H2,1H3,(H,7,8). The van der Waals surface area contributed by atoms with Gasteiger partial charge in [-0.05, 0) is 0 Å². The van der Waals surface area contributed by atoms with Crippen LogP contribution in [0.1, 0.15) is 0 Å². The molecule has 0 spiro atoms. The molecule has 54 valence electrons. The van der Waals surface area contributed by atoms with E-state index in [0.29, 0.717) is 5.54 Å². The molecular formula is C3H6F3NOSi. The van der Waals surface area contributed by atoms with E-state index in [1.165, 1.54) is 6.55 Å². The molecule has 0 rings (SSSR count). The van der Waals surface area contributed by atoms with Crippen LogP contribution in [0.2, 0.25) is 6.55 Å². The number of carbonyl (C=O) groups excluding carboxylic acids is 1. The quantitative estimate of drug-likeness (QED) is 0.436. The van der Waals surface area contributed by atoms with Crippen LogP contribution in [-0.2, 0) is 4.79 Å². The number of halogens is 3. The van der Waals surface area contributed by atoms with E-state index < -0.39 is 21.0 Å². The number of alkyl halides is 2. The van der Waals surface area contributed by atoms with Crippen molar-refractivity contribution in [2.45, 2.75) is 12.1 Å². The first-order valence-corrected chi connectivity index (χ1v) is 4.45. The second-order valence-electron chi connectivity index (χ2n) is 1.48. The Morgan fingerprint density at radius 1 is 1.67 bits per heavy atom. The summed E-state index contributed by atoms with van der Waals surface area (Å²) in [4.78, 5) is 9.86. The molecule has 2 nitrogen and oxygen atoms in total. The van der Waals surface area contributed by atoms with Crippen LogP contribution in [0.3, 0.4) is 0 Å². The van der Waals surface area contributed by atoms with Crippen molar-refractivity contribution >= 4 is 15.4 Å². The maximum atomic E-state index is 12.0. The van der Waals surface area contributed by atoms with E-state index in [1.807, 2.05) is 0 Å². The first kappa shape index (κ1) is 8.48. The van der Waals surface area contributed by atoms with E-state index in [4.69, 9.17) is 0 Å². The molecular weight excluding hydrogens is 151 g/mol. The lowest BCUT2D eigenvalue weighted by Crippen LogP contribution is -2.40. The predicted molar refractivity (Wildman–Crippen MR) is 28.6 cm³/mol. The van der Waals surface area contributed by atoms with Crippen LogP contribution in [-0.4, -0.2) is 21.0 Å². The highest BCUT2D eigenvalue weighted by molar-refractivity contribution is 6.44. The van der Waals surface area contributed by atoms with Gasteiger partial charge in [0.2, 0.25) is 0 Å². The Hall–Kier alpha value is -0.523. The number of carbonyl (C=O) groups is 1. The van der Waals surface area contributed by atoms with Gasteiger partial charge in [0.25, 0.3) is 5.55 Å². The third kappa shape index (κ3) is 2.04. The highest BCUT2D eigenvalue weighted by Crippen LogP contribution is 2.10. The number of nitrogens with one attached hydrogen (secondary N) is 1. The molecule has 0 aliphatic heterocycles. The van der Waals surface area contributed by atoms with E-state index in [2.05, 4.69) is 0 Å². The van der Waals surface area contributed by atoms with Gasteiger partial charge in [-0.1, -0.05) is 6.55 Å². The largest absolute Gasteiger partial charge is 0.312 e. The Labute approximate surface area is 52.2 Å². The molecule has 0 aromatic heterocycles. The molecule has 0 fully saturated rings. The van der Waals surface area contributed by atoms with Gasteiger partial charge in [-0.2, -0.15) is 5.54 Å². The van der Waals surface area contributed by atoms with Gasteiger partial charge in [0, 0.05) is 0 Å². The molecule has 0 aromatic carbocycles. The summed E-state index contributed by atoms with van der Waals surface area (Å²) in [6.07, 6.45) is 0. The molecule has 1 N–H and O–H groups in total. The molecule has 0 bridgehead atoms. The second-order valence-corrected chi connectivity index (χ2v) is 3.08. The summed E-state index contributed by atoms with van der Waals surface area (Å²) in [5.74, 6) is -1.82. The molecule has 0 unspecified atom stereocenters. The first-order chi connectivity index (χ1) is 4.04. The minimum Gasteiger partial charge on any atom is -0.266 e. The molecule has 0 heterocycles. The summed E-state index contributed by atoms with van der Waals surface area (Å²) >= 11 is 0. The van der Waals surface area contributed by atoms with Crippen molar-refractivity contribution < 1.29 is 18.1 Å². The minimum atomic E-state index is -3.44. The molecule has 0 atom stereocenters. The van der Waals surface area contributed by atoms with Gasteiger partial charge in [0.15, 0.2) is 0 Å². The van der Waals surface area contributed by atoms with Gasteiger partial charge < -0.3 is 0 Å². The van der Waals surface area contributed by atoms with Gasteiger partial charge in [-0.15, -0.1) is 4.48 Å². The fourth-order valence-corrected chi connectivity index (χ4v) is 0.618. The number of hydrogen-bond donors (Lipinski definition) is 1. The van der Waals surface area contributed by atoms with Crippen LogP contribution < -0.4 is 5.54 Å². The van der Waals surface area contributed by atoms with Crippen LogP contribution in [0.15, 0.2) is 0 Å². The maximum absolute atomic E-state index is 12.0. The Bertz CT molecular complexity index is 118. The Balaban J connectivity index is 3.97. The van der Waals surface area contributed by atoms with Crippen LogP contribution in [0, 0.1) is 0 Å². The average molecular weight is 157 g/mol. The minimum absolute atomic E-state index is 0.402. The Kier molecular flexibility index (Phi) is 2.69. The molecule has 0 aliphatic carbocycles. The fraction of sp³-hybridized carbons (Fsp3) is 0.667. The Morgan fingerprint density at radius 2 is 2.11 bits per heavy atom. The van der Waals surface area contributed by atoms with E-state index >= 15 is 0 Å². The van der Waals surface area contributed by atoms with Crippen molar-refractivity contribution in [1.29, 1.82) is 0 Å². The van der Waals surface area contributed by atoms with E-state index in [0.717, 1.165) is 0 Å². The van der Waals surface area contributed by atoms with Gasteiger partial charge in [0.05, 0.1) is 0 Å². The predicted octanol–water partition coefficient (Wildman–Crippen LogP) is -0.203. The molecule has 0 aliphatic rings. The summed E-state index contributed by atoms with van der Waals surface area (Å²) in [5, 5.41) is 0. The van der Waals surface area contributed by atoms with Crippen LogP contribution in [0.25, 0.3) is 0 Å². The highest BCUT2D eigenvalue weighted by Gasteiger charge is 2.36. The van der Waals surface area contributed by atoms with Crippen LogP contribution in [0.5, 0.6) is 0 Å². The van der Waals surface area contributed by atoms with Crippen molar-refractivity contribution in [3.8, 4) is 0 Å². The monoisotopic (exact) mass is 157 g/mol. The van der Waals surface area contributed by atoms with E-state index in [-0.39, 0.29) is 0 Å². The van der Waals surface area contributed by atoms with Crippen molar-refractivity contribution in [3.63, 3.8) is 0 Å². The molecule has 0 saturated heterocycles. The maximum Gasteiger partial charge on any atom is 0.312 e. The van der Waals surface area contributed by atoms with Crippen molar-refractivity contribution in [3.05, 3.63) is 0 Å². The van der Waals surface area contributed by atoms with Gasteiger partial charge in [-0.25, -0.2) is 8.78 Å².